The fourth-order valence-corrected chi connectivity index (χ4v) is 5.89. The SMILES string of the molecule is O=C(c1cnc(-c2ccsc2)s1)N1CCCCC[C@H]1C[C@@H](O)c1cccs1. The molecule has 0 aromatic carbocycles. The Morgan fingerprint density at radius 1 is 1.30 bits per heavy atom. The van der Waals surface area contributed by atoms with Crippen LogP contribution in [0.15, 0.2) is 40.5 Å². The second kappa shape index (κ2) is 8.65. The molecule has 1 amide bonds. The number of aliphatic hydroxyl groups is 1. The molecule has 7 heteroatoms. The molecule has 2 atom stereocenters. The summed E-state index contributed by atoms with van der Waals surface area (Å²) >= 11 is 4.67. The van der Waals surface area contributed by atoms with Crippen molar-refractivity contribution >= 4 is 39.9 Å². The number of rotatable bonds is 5. The van der Waals surface area contributed by atoms with Crippen molar-refractivity contribution in [2.45, 2.75) is 44.2 Å². The van der Waals surface area contributed by atoms with E-state index in [-0.39, 0.29) is 11.9 Å². The molecule has 0 aliphatic carbocycles. The molecule has 0 spiro atoms. The number of thiazole rings is 1. The van der Waals surface area contributed by atoms with Crippen LogP contribution >= 0.6 is 34.0 Å². The Bertz CT molecular complexity index is 858. The summed E-state index contributed by atoms with van der Waals surface area (Å²) in [5.74, 6) is 0.0549. The van der Waals surface area contributed by atoms with E-state index in [1.165, 1.54) is 11.3 Å². The molecule has 142 valence electrons. The number of likely N-dealkylation sites (tertiary alicyclic amines) is 1. The predicted octanol–water partition coefficient (Wildman–Crippen LogP) is 5.44. The quantitative estimate of drug-likeness (QED) is 0.600. The van der Waals surface area contributed by atoms with Gasteiger partial charge < -0.3 is 10.0 Å². The number of thiophene rings is 2. The first kappa shape index (κ1) is 18.8. The van der Waals surface area contributed by atoms with E-state index < -0.39 is 6.10 Å². The minimum absolute atomic E-state index is 0.0549. The van der Waals surface area contributed by atoms with Crippen molar-refractivity contribution in [1.29, 1.82) is 0 Å². The second-order valence-electron chi connectivity index (χ2n) is 6.81. The number of hydrogen-bond acceptors (Lipinski definition) is 6. The number of carbonyl (C=O) groups excluding carboxylic acids is 1. The summed E-state index contributed by atoms with van der Waals surface area (Å²) in [5, 5.41) is 17.6. The van der Waals surface area contributed by atoms with Gasteiger partial charge in [-0.3, -0.25) is 4.79 Å². The summed E-state index contributed by atoms with van der Waals surface area (Å²) in [6.07, 6.45) is 6.01. The van der Waals surface area contributed by atoms with Gasteiger partial charge in [0.2, 0.25) is 0 Å². The van der Waals surface area contributed by atoms with Gasteiger partial charge in [0.05, 0.1) is 12.3 Å². The molecule has 1 N–H and O–H groups in total. The number of hydrogen-bond donors (Lipinski definition) is 1. The molecule has 1 fully saturated rings. The van der Waals surface area contributed by atoms with E-state index in [4.69, 9.17) is 0 Å². The van der Waals surface area contributed by atoms with Gasteiger partial charge in [0.25, 0.3) is 5.91 Å². The Hall–Kier alpha value is -1.54. The van der Waals surface area contributed by atoms with E-state index in [1.54, 1.807) is 28.9 Å². The maximum Gasteiger partial charge on any atom is 0.265 e. The van der Waals surface area contributed by atoms with Crippen LogP contribution in [0.3, 0.4) is 0 Å². The van der Waals surface area contributed by atoms with Crippen molar-refractivity contribution in [3.63, 3.8) is 0 Å². The van der Waals surface area contributed by atoms with Crippen molar-refractivity contribution in [3.8, 4) is 10.6 Å². The third kappa shape index (κ3) is 4.32. The van der Waals surface area contributed by atoms with Gasteiger partial charge in [-0.1, -0.05) is 18.9 Å². The minimum Gasteiger partial charge on any atom is -0.387 e. The Balaban J connectivity index is 1.52. The lowest BCUT2D eigenvalue weighted by molar-refractivity contribution is 0.0596. The molecule has 0 radical (unpaired) electrons. The van der Waals surface area contributed by atoms with Crippen molar-refractivity contribution in [2.24, 2.45) is 0 Å². The molecule has 4 heterocycles. The van der Waals surface area contributed by atoms with Gasteiger partial charge in [-0.05, 0) is 42.2 Å². The third-order valence-electron chi connectivity index (χ3n) is 4.99. The Morgan fingerprint density at radius 3 is 3.00 bits per heavy atom. The highest BCUT2D eigenvalue weighted by Gasteiger charge is 2.29. The molecular formula is C20H22N2O2S3. The van der Waals surface area contributed by atoms with Gasteiger partial charge in [-0.15, -0.1) is 22.7 Å². The Labute approximate surface area is 171 Å². The molecule has 4 nitrogen and oxygen atoms in total. The Morgan fingerprint density at radius 2 is 2.22 bits per heavy atom. The maximum absolute atomic E-state index is 13.2. The first-order valence-corrected chi connectivity index (χ1v) is 11.9. The molecule has 0 saturated carbocycles. The molecule has 4 rings (SSSR count). The molecule has 3 aromatic heterocycles. The molecule has 0 unspecified atom stereocenters. The van der Waals surface area contributed by atoms with E-state index in [0.29, 0.717) is 11.3 Å². The summed E-state index contributed by atoms with van der Waals surface area (Å²) in [6, 6.07) is 6.03. The zero-order valence-electron chi connectivity index (χ0n) is 14.9. The summed E-state index contributed by atoms with van der Waals surface area (Å²) < 4.78 is 0. The molecule has 1 aliphatic rings. The van der Waals surface area contributed by atoms with Gasteiger partial charge in [-0.2, -0.15) is 11.3 Å². The van der Waals surface area contributed by atoms with Crippen molar-refractivity contribution in [1.82, 2.24) is 9.88 Å². The minimum atomic E-state index is -0.508. The van der Waals surface area contributed by atoms with Crippen molar-refractivity contribution < 1.29 is 9.90 Å². The van der Waals surface area contributed by atoms with Crippen LogP contribution < -0.4 is 0 Å². The lowest BCUT2D eigenvalue weighted by atomic mass is 10.0. The zero-order valence-corrected chi connectivity index (χ0v) is 17.4. The van der Waals surface area contributed by atoms with Crippen LogP contribution in [0.5, 0.6) is 0 Å². The maximum atomic E-state index is 13.2. The molecule has 27 heavy (non-hydrogen) atoms. The average molecular weight is 419 g/mol. The monoisotopic (exact) mass is 418 g/mol. The van der Waals surface area contributed by atoms with Gasteiger partial charge >= 0.3 is 0 Å². The predicted molar refractivity (Wildman–Crippen MR) is 113 cm³/mol. The zero-order chi connectivity index (χ0) is 18.6. The van der Waals surface area contributed by atoms with Crippen LogP contribution in [0.1, 0.15) is 52.8 Å². The fraction of sp³-hybridized carbons (Fsp3) is 0.400. The third-order valence-corrected chi connectivity index (χ3v) is 7.68. The standard InChI is InChI=1S/C20H22N2O2S3/c23-16(17-6-4-9-26-17)11-15-5-2-1-3-8-22(15)20(24)18-12-21-19(27-18)14-7-10-25-13-14/h4,6-7,9-10,12-13,15-16,23H,1-3,5,8,11H2/t15-,16+/m0/s1. The van der Waals surface area contributed by atoms with Gasteiger partial charge in [0.15, 0.2) is 0 Å². The molecule has 3 aromatic rings. The molecule has 1 aliphatic heterocycles. The van der Waals surface area contributed by atoms with Gasteiger partial charge in [0, 0.05) is 28.4 Å². The first-order valence-electron chi connectivity index (χ1n) is 9.23. The molecule has 1 saturated heterocycles. The summed E-state index contributed by atoms with van der Waals surface area (Å²) in [7, 11) is 0. The number of amides is 1. The van der Waals surface area contributed by atoms with E-state index in [9.17, 15) is 9.90 Å². The Kier molecular flexibility index (Phi) is 6.02. The van der Waals surface area contributed by atoms with Crippen LogP contribution in [0, 0.1) is 0 Å². The van der Waals surface area contributed by atoms with E-state index in [0.717, 1.165) is 47.7 Å². The number of aromatic nitrogens is 1. The number of aliphatic hydroxyl groups excluding tert-OH is 1. The van der Waals surface area contributed by atoms with Crippen molar-refractivity contribution in [2.75, 3.05) is 6.54 Å². The van der Waals surface area contributed by atoms with Gasteiger partial charge in [0.1, 0.15) is 9.88 Å². The van der Waals surface area contributed by atoms with Crippen LogP contribution in [0.25, 0.3) is 10.6 Å². The van der Waals surface area contributed by atoms with Crippen LogP contribution in [0.4, 0.5) is 0 Å². The fourth-order valence-electron chi connectivity index (χ4n) is 3.58. The first-order chi connectivity index (χ1) is 13.2. The number of nitrogens with zero attached hydrogens (tertiary/aromatic N) is 2. The molecular weight excluding hydrogens is 396 g/mol. The smallest absolute Gasteiger partial charge is 0.265 e. The average Bonchev–Trinajstić information content (AvgIpc) is 3.42. The summed E-state index contributed by atoms with van der Waals surface area (Å²) in [4.78, 5) is 21.3. The van der Waals surface area contributed by atoms with E-state index in [1.807, 2.05) is 33.9 Å². The lowest BCUT2D eigenvalue weighted by Gasteiger charge is -2.31. The lowest BCUT2D eigenvalue weighted by Crippen LogP contribution is -2.40. The van der Waals surface area contributed by atoms with Crippen LogP contribution in [-0.4, -0.2) is 33.5 Å². The molecule has 0 bridgehead atoms. The highest BCUT2D eigenvalue weighted by Crippen LogP contribution is 2.32. The van der Waals surface area contributed by atoms with E-state index >= 15 is 0 Å². The summed E-state index contributed by atoms with van der Waals surface area (Å²) in [6.45, 7) is 0.756. The highest BCUT2D eigenvalue weighted by molar-refractivity contribution is 7.17. The number of carbonyl (C=O) groups is 1. The van der Waals surface area contributed by atoms with Gasteiger partial charge in [-0.25, -0.2) is 4.98 Å². The highest BCUT2D eigenvalue weighted by atomic mass is 32.1. The topological polar surface area (TPSA) is 53.4 Å². The van der Waals surface area contributed by atoms with E-state index in [2.05, 4.69) is 10.4 Å². The van der Waals surface area contributed by atoms with Crippen LogP contribution in [0.2, 0.25) is 0 Å². The second-order valence-corrected chi connectivity index (χ2v) is 9.60. The normalized spacial score (nSPS) is 19.0. The largest absolute Gasteiger partial charge is 0.387 e. The van der Waals surface area contributed by atoms with Crippen LogP contribution in [-0.2, 0) is 0 Å². The van der Waals surface area contributed by atoms with Crippen molar-refractivity contribution in [3.05, 3.63) is 50.3 Å². The summed E-state index contributed by atoms with van der Waals surface area (Å²) in [5.41, 5.74) is 1.07.